The lowest BCUT2D eigenvalue weighted by Crippen LogP contribution is -2.44. The highest BCUT2D eigenvalue weighted by Gasteiger charge is 2.27. The summed E-state index contributed by atoms with van der Waals surface area (Å²) in [5.74, 6) is 0.696. The molecule has 0 radical (unpaired) electrons. The number of piperidine rings is 1. The molecule has 140 valence electrons. The lowest BCUT2D eigenvalue weighted by molar-refractivity contribution is 0.0437. The average molecular weight is 349 g/mol. The highest BCUT2D eigenvalue weighted by atomic mass is 16.5. The van der Waals surface area contributed by atoms with E-state index in [-0.39, 0.29) is 12.0 Å². The zero-order valence-electron chi connectivity index (χ0n) is 15.3. The van der Waals surface area contributed by atoms with E-state index in [0.29, 0.717) is 12.5 Å². The first-order valence-electron chi connectivity index (χ1n) is 9.51. The van der Waals surface area contributed by atoms with Gasteiger partial charge in [-0.25, -0.2) is 0 Å². The molecule has 1 aromatic heterocycles. The minimum absolute atomic E-state index is 0.124. The molecular weight excluding hydrogens is 318 g/mol. The third-order valence-electron chi connectivity index (χ3n) is 5.38. The minimum atomic E-state index is 0.124. The number of carbonyl (C=O) groups is 1. The van der Waals surface area contributed by atoms with Crippen LogP contribution in [0.15, 0.2) is 18.5 Å². The molecule has 1 atom stereocenters. The van der Waals surface area contributed by atoms with E-state index in [2.05, 4.69) is 9.88 Å². The first-order valence-corrected chi connectivity index (χ1v) is 9.51. The molecule has 2 saturated heterocycles. The average Bonchev–Trinajstić information content (AvgIpc) is 3.34. The molecule has 0 aromatic carbocycles. The predicted molar refractivity (Wildman–Crippen MR) is 96.7 cm³/mol. The summed E-state index contributed by atoms with van der Waals surface area (Å²) in [5.41, 5.74) is 0.746. The molecular formula is C19H31N3O3. The summed E-state index contributed by atoms with van der Waals surface area (Å²) in [6.45, 7) is 6.37. The molecule has 3 heterocycles. The monoisotopic (exact) mass is 349 g/mol. The molecule has 0 aliphatic carbocycles. The summed E-state index contributed by atoms with van der Waals surface area (Å²) in [6, 6.07) is 1.86. The normalized spacial score (nSPS) is 22.4. The van der Waals surface area contributed by atoms with E-state index in [9.17, 15) is 4.79 Å². The van der Waals surface area contributed by atoms with Crippen molar-refractivity contribution in [2.75, 3.05) is 53.0 Å². The Morgan fingerprint density at radius 3 is 2.84 bits per heavy atom. The Labute approximate surface area is 150 Å². The van der Waals surface area contributed by atoms with E-state index in [1.807, 2.05) is 17.2 Å². The van der Waals surface area contributed by atoms with Gasteiger partial charge in [-0.1, -0.05) is 0 Å². The van der Waals surface area contributed by atoms with Crippen LogP contribution in [-0.2, 0) is 9.47 Å². The summed E-state index contributed by atoms with van der Waals surface area (Å²) >= 11 is 0. The SMILES string of the molecule is COCCN1CCC(CN(C[C@H]2CCCO2)C(=O)c2cc[nH]c2)CC1. The zero-order chi connectivity index (χ0) is 17.5. The molecule has 0 spiro atoms. The number of H-pyrrole nitrogens is 1. The standard InChI is InChI=1S/C19H31N3O3/c1-24-12-10-21-8-5-16(6-9-21)14-22(15-18-3-2-11-25-18)19(23)17-4-7-20-13-17/h4,7,13,16,18,20H,2-3,5-6,8-12,14-15H2,1H3/t18-/m1/s1. The van der Waals surface area contributed by atoms with Crippen LogP contribution < -0.4 is 0 Å². The van der Waals surface area contributed by atoms with Gasteiger partial charge < -0.3 is 24.3 Å². The highest BCUT2D eigenvalue weighted by Crippen LogP contribution is 2.21. The summed E-state index contributed by atoms with van der Waals surface area (Å²) in [7, 11) is 1.75. The Bertz CT molecular complexity index is 506. The third-order valence-corrected chi connectivity index (χ3v) is 5.38. The number of methoxy groups -OCH3 is 1. The van der Waals surface area contributed by atoms with Gasteiger partial charge in [0.1, 0.15) is 0 Å². The van der Waals surface area contributed by atoms with Crippen LogP contribution >= 0.6 is 0 Å². The lowest BCUT2D eigenvalue weighted by atomic mass is 9.95. The fraction of sp³-hybridized carbons (Fsp3) is 0.737. The van der Waals surface area contributed by atoms with Crippen LogP contribution in [0.2, 0.25) is 0 Å². The number of ether oxygens (including phenoxy) is 2. The van der Waals surface area contributed by atoms with Gasteiger partial charge in [-0.15, -0.1) is 0 Å². The van der Waals surface area contributed by atoms with Gasteiger partial charge in [0.25, 0.3) is 5.91 Å². The van der Waals surface area contributed by atoms with Crippen LogP contribution in [0.1, 0.15) is 36.0 Å². The number of hydrogen-bond acceptors (Lipinski definition) is 4. The molecule has 2 fully saturated rings. The van der Waals surface area contributed by atoms with Gasteiger partial charge in [-0.3, -0.25) is 4.79 Å². The van der Waals surface area contributed by atoms with Crippen molar-refractivity contribution in [3.63, 3.8) is 0 Å². The molecule has 2 aliphatic rings. The molecule has 0 saturated carbocycles. The maximum absolute atomic E-state index is 12.9. The molecule has 25 heavy (non-hydrogen) atoms. The second-order valence-electron chi connectivity index (χ2n) is 7.22. The molecule has 6 nitrogen and oxygen atoms in total. The van der Waals surface area contributed by atoms with Crippen LogP contribution in [0.25, 0.3) is 0 Å². The smallest absolute Gasteiger partial charge is 0.255 e. The van der Waals surface area contributed by atoms with E-state index in [1.165, 1.54) is 0 Å². The largest absolute Gasteiger partial charge is 0.383 e. The Morgan fingerprint density at radius 1 is 1.36 bits per heavy atom. The van der Waals surface area contributed by atoms with Crippen molar-refractivity contribution in [3.8, 4) is 0 Å². The number of likely N-dealkylation sites (tertiary alicyclic amines) is 1. The summed E-state index contributed by atoms with van der Waals surface area (Å²) in [6.07, 6.45) is 8.26. The fourth-order valence-electron chi connectivity index (χ4n) is 3.84. The van der Waals surface area contributed by atoms with Gasteiger partial charge in [0.2, 0.25) is 0 Å². The number of amides is 1. The van der Waals surface area contributed by atoms with Gasteiger partial charge in [0.05, 0.1) is 18.3 Å². The molecule has 2 aliphatic heterocycles. The van der Waals surface area contributed by atoms with Crippen LogP contribution in [0, 0.1) is 5.92 Å². The summed E-state index contributed by atoms with van der Waals surface area (Å²) < 4.78 is 10.9. The van der Waals surface area contributed by atoms with Gasteiger partial charge in [-0.05, 0) is 50.8 Å². The van der Waals surface area contributed by atoms with Crippen molar-refractivity contribution in [3.05, 3.63) is 24.0 Å². The molecule has 1 amide bonds. The van der Waals surface area contributed by atoms with Gasteiger partial charge >= 0.3 is 0 Å². The minimum Gasteiger partial charge on any atom is -0.383 e. The molecule has 6 heteroatoms. The fourth-order valence-corrected chi connectivity index (χ4v) is 3.84. The van der Waals surface area contributed by atoms with E-state index in [0.717, 1.165) is 70.6 Å². The lowest BCUT2D eigenvalue weighted by Gasteiger charge is -2.35. The Hall–Kier alpha value is -1.37. The number of carbonyl (C=O) groups excluding carboxylic acids is 1. The van der Waals surface area contributed by atoms with Gasteiger partial charge in [0.15, 0.2) is 0 Å². The van der Waals surface area contributed by atoms with Crippen LogP contribution in [0.4, 0.5) is 0 Å². The van der Waals surface area contributed by atoms with Crippen LogP contribution in [0.3, 0.4) is 0 Å². The number of nitrogens with one attached hydrogen (secondary N) is 1. The molecule has 3 rings (SSSR count). The summed E-state index contributed by atoms with van der Waals surface area (Å²) in [5, 5.41) is 0. The van der Waals surface area contributed by atoms with E-state index < -0.39 is 0 Å². The number of aromatic amines is 1. The molecule has 0 unspecified atom stereocenters. The number of aromatic nitrogens is 1. The molecule has 1 N–H and O–H groups in total. The Balaban J connectivity index is 1.55. The van der Waals surface area contributed by atoms with Gasteiger partial charge in [0, 0.05) is 45.7 Å². The Kier molecular flexibility index (Phi) is 6.90. The second kappa shape index (κ2) is 9.36. The van der Waals surface area contributed by atoms with Crippen LogP contribution in [-0.4, -0.2) is 79.8 Å². The number of rotatable bonds is 8. The highest BCUT2D eigenvalue weighted by molar-refractivity contribution is 5.94. The van der Waals surface area contributed by atoms with Crippen LogP contribution in [0.5, 0.6) is 0 Å². The predicted octanol–water partition coefficient (Wildman–Crippen LogP) is 1.99. The van der Waals surface area contributed by atoms with Crippen molar-refractivity contribution in [2.24, 2.45) is 5.92 Å². The maximum Gasteiger partial charge on any atom is 0.255 e. The van der Waals surface area contributed by atoms with Crippen molar-refractivity contribution < 1.29 is 14.3 Å². The van der Waals surface area contributed by atoms with Crippen molar-refractivity contribution >= 4 is 5.91 Å². The maximum atomic E-state index is 12.9. The number of nitrogens with zero attached hydrogens (tertiary/aromatic N) is 2. The topological polar surface area (TPSA) is 57.8 Å². The first-order chi connectivity index (χ1) is 12.3. The quantitative estimate of drug-likeness (QED) is 0.780. The van der Waals surface area contributed by atoms with Crippen molar-refractivity contribution in [2.45, 2.75) is 31.8 Å². The Morgan fingerprint density at radius 2 is 2.20 bits per heavy atom. The third kappa shape index (κ3) is 5.30. The number of hydrogen-bond donors (Lipinski definition) is 1. The summed E-state index contributed by atoms with van der Waals surface area (Å²) in [4.78, 5) is 20.4. The van der Waals surface area contributed by atoms with Crippen molar-refractivity contribution in [1.29, 1.82) is 0 Å². The van der Waals surface area contributed by atoms with E-state index >= 15 is 0 Å². The van der Waals surface area contributed by atoms with E-state index in [1.54, 1.807) is 13.3 Å². The first kappa shape index (κ1) is 18.4. The zero-order valence-corrected chi connectivity index (χ0v) is 15.3. The molecule has 0 bridgehead atoms. The second-order valence-corrected chi connectivity index (χ2v) is 7.22. The van der Waals surface area contributed by atoms with E-state index in [4.69, 9.17) is 9.47 Å². The van der Waals surface area contributed by atoms with Gasteiger partial charge in [-0.2, -0.15) is 0 Å². The molecule has 1 aromatic rings. The van der Waals surface area contributed by atoms with Crippen molar-refractivity contribution in [1.82, 2.24) is 14.8 Å².